The number of hydrogen-bond acceptors (Lipinski definition) is 2. The molecule has 0 aliphatic heterocycles. The number of aryl methyl sites for hydroxylation is 1. The standard InChI is InChI=1S/C13H15Cl2NO2/c14-11-4-3-10-9(2-1-6-17)8-16(5-7-18)13(10)12(11)15/h3-4,8,17-18H,1-2,5-7H2. The predicted molar refractivity (Wildman–Crippen MR) is 74.5 cm³/mol. The Balaban J connectivity index is 2.56. The van der Waals surface area contributed by atoms with E-state index in [-0.39, 0.29) is 13.2 Å². The molecule has 1 heterocycles. The van der Waals surface area contributed by atoms with Crippen LogP contribution in [0.1, 0.15) is 12.0 Å². The Kier molecular flexibility index (Phi) is 4.51. The Morgan fingerprint density at radius 1 is 1.11 bits per heavy atom. The van der Waals surface area contributed by atoms with Crippen LogP contribution in [-0.4, -0.2) is 28.0 Å². The first-order valence-corrected chi connectivity index (χ1v) is 6.62. The molecular formula is C13H15Cl2NO2. The summed E-state index contributed by atoms with van der Waals surface area (Å²) in [6.45, 7) is 0.690. The lowest BCUT2D eigenvalue weighted by Gasteiger charge is -2.05. The highest BCUT2D eigenvalue weighted by Gasteiger charge is 2.13. The van der Waals surface area contributed by atoms with Gasteiger partial charge in [-0.3, -0.25) is 0 Å². The summed E-state index contributed by atoms with van der Waals surface area (Å²) in [6, 6.07) is 3.71. The molecule has 0 radical (unpaired) electrons. The van der Waals surface area contributed by atoms with Crippen molar-refractivity contribution < 1.29 is 10.2 Å². The fraction of sp³-hybridized carbons (Fsp3) is 0.385. The van der Waals surface area contributed by atoms with Crippen molar-refractivity contribution in [2.45, 2.75) is 19.4 Å². The van der Waals surface area contributed by atoms with E-state index in [1.807, 2.05) is 16.8 Å². The summed E-state index contributed by atoms with van der Waals surface area (Å²) in [5.41, 5.74) is 1.97. The second-order valence-corrected chi connectivity index (χ2v) is 4.94. The van der Waals surface area contributed by atoms with Crippen LogP contribution >= 0.6 is 23.2 Å². The van der Waals surface area contributed by atoms with Gasteiger partial charge in [0.1, 0.15) is 0 Å². The molecule has 0 spiro atoms. The lowest BCUT2D eigenvalue weighted by Crippen LogP contribution is -2.00. The summed E-state index contributed by atoms with van der Waals surface area (Å²) in [5, 5.41) is 20.1. The zero-order chi connectivity index (χ0) is 13.1. The van der Waals surface area contributed by atoms with Gasteiger partial charge in [0.2, 0.25) is 0 Å². The molecular weight excluding hydrogens is 273 g/mol. The molecule has 3 nitrogen and oxygen atoms in total. The number of nitrogens with zero attached hydrogens (tertiary/aromatic N) is 1. The summed E-state index contributed by atoms with van der Waals surface area (Å²) in [7, 11) is 0. The zero-order valence-electron chi connectivity index (χ0n) is 9.87. The van der Waals surface area contributed by atoms with Crippen molar-refractivity contribution in [3.8, 4) is 0 Å². The van der Waals surface area contributed by atoms with E-state index in [2.05, 4.69) is 0 Å². The molecule has 0 aliphatic rings. The molecule has 0 unspecified atom stereocenters. The summed E-state index contributed by atoms with van der Waals surface area (Å²) >= 11 is 12.3. The van der Waals surface area contributed by atoms with Crippen molar-refractivity contribution in [2.24, 2.45) is 0 Å². The number of aliphatic hydroxyl groups is 2. The average molecular weight is 288 g/mol. The van der Waals surface area contributed by atoms with E-state index in [4.69, 9.17) is 33.4 Å². The molecule has 1 aromatic heterocycles. The first kappa shape index (κ1) is 13.7. The van der Waals surface area contributed by atoms with Crippen molar-refractivity contribution in [2.75, 3.05) is 13.2 Å². The third-order valence-corrected chi connectivity index (χ3v) is 3.75. The monoisotopic (exact) mass is 287 g/mol. The van der Waals surface area contributed by atoms with E-state index >= 15 is 0 Å². The van der Waals surface area contributed by atoms with Crippen LogP contribution < -0.4 is 0 Å². The summed E-state index contributed by atoms with van der Waals surface area (Å²) in [5.74, 6) is 0. The number of aromatic nitrogens is 1. The number of rotatable bonds is 5. The molecule has 0 fully saturated rings. The van der Waals surface area contributed by atoms with E-state index < -0.39 is 0 Å². The van der Waals surface area contributed by atoms with Crippen LogP contribution in [0.3, 0.4) is 0 Å². The van der Waals surface area contributed by atoms with Gasteiger partial charge in [0.15, 0.2) is 0 Å². The predicted octanol–water partition coefficient (Wildman–Crippen LogP) is 2.87. The van der Waals surface area contributed by atoms with Crippen LogP contribution in [0.5, 0.6) is 0 Å². The second kappa shape index (κ2) is 5.93. The van der Waals surface area contributed by atoms with Gasteiger partial charge in [0.05, 0.1) is 22.2 Å². The van der Waals surface area contributed by atoms with Gasteiger partial charge in [-0.1, -0.05) is 29.3 Å². The topological polar surface area (TPSA) is 45.4 Å². The first-order chi connectivity index (χ1) is 8.69. The van der Waals surface area contributed by atoms with Crippen molar-refractivity contribution in [3.63, 3.8) is 0 Å². The highest BCUT2D eigenvalue weighted by atomic mass is 35.5. The van der Waals surface area contributed by atoms with Crippen molar-refractivity contribution >= 4 is 34.1 Å². The molecule has 18 heavy (non-hydrogen) atoms. The smallest absolute Gasteiger partial charge is 0.0835 e. The van der Waals surface area contributed by atoms with E-state index in [0.29, 0.717) is 23.0 Å². The van der Waals surface area contributed by atoms with E-state index in [0.717, 1.165) is 22.9 Å². The second-order valence-electron chi connectivity index (χ2n) is 4.16. The Bertz CT molecular complexity index is 551. The summed E-state index contributed by atoms with van der Waals surface area (Å²) < 4.78 is 1.91. The Morgan fingerprint density at radius 2 is 1.89 bits per heavy atom. The van der Waals surface area contributed by atoms with Crippen molar-refractivity contribution in [1.29, 1.82) is 0 Å². The molecule has 0 aliphatic carbocycles. The van der Waals surface area contributed by atoms with Crippen molar-refractivity contribution in [1.82, 2.24) is 4.57 Å². The highest BCUT2D eigenvalue weighted by Crippen LogP contribution is 2.34. The number of fused-ring (bicyclic) bond motifs is 1. The molecule has 0 amide bonds. The van der Waals surface area contributed by atoms with Crippen LogP contribution in [0.2, 0.25) is 10.0 Å². The average Bonchev–Trinajstić information content (AvgIpc) is 2.70. The van der Waals surface area contributed by atoms with Crippen molar-refractivity contribution in [3.05, 3.63) is 33.9 Å². The molecule has 2 aromatic rings. The maximum atomic E-state index is 9.09. The van der Waals surface area contributed by atoms with Crippen LogP contribution in [0, 0.1) is 0 Å². The van der Waals surface area contributed by atoms with Gasteiger partial charge in [-0.2, -0.15) is 0 Å². The Labute approximate surface area is 116 Å². The van der Waals surface area contributed by atoms with Crippen LogP contribution in [-0.2, 0) is 13.0 Å². The molecule has 0 bridgehead atoms. The zero-order valence-corrected chi connectivity index (χ0v) is 11.4. The Morgan fingerprint density at radius 3 is 2.56 bits per heavy atom. The molecule has 2 N–H and O–H groups in total. The van der Waals surface area contributed by atoms with Crippen LogP contribution in [0.15, 0.2) is 18.3 Å². The number of hydrogen-bond donors (Lipinski definition) is 2. The minimum atomic E-state index is 0.0477. The van der Waals surface area contributed by atoms with Gasteiger partial charge in [0, 0.05) is 24.7 Å². The lowest BCUT2D eigenvalue weighted by atomic mass is 10.1. The SMILES string of the molecule is OCCCc1cn(CCO)c2c(Cl)c(Cl)ccc12. The van der Waals surface area contributed by atoms with Crippen LogP contribution in [0.4, 0.5) is 0 Å². The number of aliphatic hydroxyl groups excluding tert-OH is 2. The molecule has 0 atom stereocenters. The van der Waals surface area contributed by atoms with E-state index in [1.165, 1.54) is 0 Å². The summed E-state index contributed by atoms with van der Waals surface area (Å²) in [4.78, 5) is 0. The summed E-state index contributed by atoms with van der Waals surface area (Å²) in [6.07, 6.45) is 3.46. The van der Waals surface area contributed by atoms with Crippen LogP contribution in [0.25, 0.3) is 10.9 Å². The minimum Gasteiger partial charge on any atom is -0.396 e. The first-order valence-electron chi connectivity index (χ1n) is 5.86. The number of halogens is 2. The molecule has 1 aromatic carbocycles. The van der Waals surface area contributed by atoms with Gasteiger partial charge in [-0.05, 0) is 24.5 Å². The molecule has 0 saturated heterocycles. The third kappa shape index (κ3) is 2.50. The Hall–Kier alpha value is -0.740. The highest BCUT2D eigenvalue weighted by molar-refractivity contribution is 6.45. The normalized spacial score (nSPS) is 11.3. The van der Waals surface area contributed by atoms with Gasteiger partial charge in [0.25, 0.3) is 0 Å². The van der Waals surface area contributed by atoms with Gasteiger partial charge in [-0.15, -0.1) is 0 Å². The van der Waals surface area contributed by atoms with E-state index in [9.17, 15) is 0 Å². The molecule has 5 heteroatoms. The molecule has 98 valence electrons. The van der Waals surface area contributed by atoms with Gasteiger partial charge >= 0.3 is 0 Å². The molecule has 0 saturated carbocycles. The minimum absolute atomic E-state index is 0.0477. The van der Waals surface area contributed by atoms with Gasteiger partial charge in [-0.25, -0.2) is 0 Å². The maximum Gasteiger partial charge on any atom is 0.0835 e. The maximum absolute atomic E-state index is 9.09. The largest absolute Gasteiger partial charge is 0.396 e. The number of benzene rings is 1. The lowest BCUT2D eigenvalue weighted by molar-refractivity contribution is 0.277. The third-order valence-electron chi connectivity index (χ3n) is 2.96. The van der Waals surface area contributed by atoms with E-state index in [1.54, 1.807) is 6.07 Å². The fourth-order valence-corrected chi connectivity index (χ4v) is 2.58. The molecule has 2 rings (SSSR count). The fourth-order valence-electron chi connectivity index (χ4n) is 2.15. The van der Waals surface area contributed by atoms with Gasteiger partial charge < -0.3 is 14.8 Å². The quantitative estimate of drug-likeness (QED) is 0.888.